The first-order chi connectivity index (χ1) is 8.56. The Labute approximate surface area is 105 Å². The zero-order chi connectivity index (χ0) is 13.1. The molecule has 5 heteroatoms. The third-order valence-corrected chi connectivity index (χ3v) is 2.57. The first-order valence-corrected chi connectivity index (χ1v) is 5.52. The van der Waals surface area contributed by atoms with Crippen LogP contribution in [0.4, 0.5) is 0 Å². The summed E-state index contributed by atoms with van der Waals surface area (Å²) >= 11 is 0. The third-order valence-electron chi connectivity index (χ3n) is 2.57. The van der Waals surface area contributed by atoms with Crippen molar-refractivity contribution in [3.63, 3.8) is 0 Å². The summed E-state index contributed by atoms with van der Waals surface area (Å²) in [6, 6.07) is 9.20. The highest BCUT2D eigenvalue weighted by molar-refractivity contribution is 5.85. The number of aromatic nitrogens is 2. The van der Waals surface area contributed by atoms with Crippen LogP contribution in [0.25, 0.3) is 0 Å². The number of ether oxygens (including phenoxy) is 1. The molecule has 0 unspecified atom stereocenters. The first-order valence-electron chi connectivity index (χ1n) is 5.52. The van der Waals surface area contributed by atoms with Crippen LogP contribution in [0.5, 0.6) is 5.75 Å². The number of hydrogen-bond donors (Lipinski definition) is 1. The fraction of sp³-hybridized carbons (Fsp3) is 0.231. The number of aromatic carboxylic acids is 1. The maximum Gasteiger partial charge on any atom is 0.356 e. The van der Waals surface area contributed by atoms with E-state index < -0.39 is 5.97 Å². The largest absolute Gasteiger partial charge is 0.487 e. The van der Waals surface area contributed by atoms with Crippen molar-refractivity contribution in [2.24, 2.45) is 7.05 Å². The Morgan fingerprint density at radius 1 is 1.44 bits per heavy atom. The van der Waals surface area contributed by atoms with Crippen LogP contribution in [0.3, 0.4) is 0 Å². The molecule has 0 spiro atoms. The molecule has 0 aliphatic rings. The van der Waals surface area contributed by atoms with Crippen molar-refractivity contribution in [1.82, 2.24) is 9.78 Å². The van der Waals surface area contributed by atoms with E-state index in [1.807, 2.05) is 31.2 Å². The van der Waals surface area contributed by atoms with Crippen molar-refractivity contribution < 1.29 is 14.6 Å². The normalized spacial score (nSPS) is 10.3. The van der Waals surface area contributed by atoms with Crippen molar-refractivity contribution in [3.05, 3.63) is 47.3 Å². The van der Waals surface area contributed by atoms with E-state index >= 15 is 0 Å². The van der Waals surface area contributed by atoms with E-state index in [-0.39, 0.29) is 5.69 Å². The van der Waals surface area contributed by atoms with Gasteiger partial charge in [0.05, 0.1) is 5.69 Å². The second-order valence-corrected chi connectivity index (χ2v) is 4.05. The molecule has 94 valence electrons. The summed E-state index contributed by atoms with van der Waals surface area (Å²) in [6.07, 6.45) is 0. The summed E-state index contributed by atoms with van der Waals surface area (Å²) in [5, 5.41) is 12.7. The zero-order valence-corrected chi connectivity index (χ0v) is 10.3. The Bertz CT molecular complexity index is 575. The van der Waals surface area contributed by atoms with Gasteiger partial charge in [-0.1, -0.05) is 12.1 Å². The van der Waals surface area contributed by atoms with Gasteiger partial charge in [-0.3, -0.25) is 4.68 Å². The number of aryl methyl sites for hydroxylation is 2. The molecule has 0 amide bonds. The standard InChI is InChI=1S/C13H14N2O3/c1-9-4-3-5-11(6-9)18-8-10-7-12(13(16)17)14-15(10)2/h3-7H,8H2,1-2H3,(H,16,17). The van der Waals surface area contributed by atoms with Gasteiger partial charge in [-0.15, -0.1) is 0 Å². The van der Waals surface area contributed by atoms with Crippen LogP contribution < -0.4 is 4.74 Å². The molecular formula is C13H14N2O3. The fourth-order valence-electron chi connectivity index (χ4n) is 1.61. The van der Waals surface area contributed by atoms with Crippen molar-refractivity contribution in [2.45, 2.75) is 13.5 Å². The van der Waals surface area contributed by atoms with Gasteiger partial charge in [0, 0.05) is 7.05 Å². The zero-order valence-electron chi connectivity index (χ0n) is 10.3. The topological polar surface area (TPSA) is 64.3 Å². The van der Waals surface area contributed by atoms with Crippen LogP contribution in [0.2, 0.25) is 0 Å². The summed E-state index contributed by atoms with van der Waals surface area (Å²) in [7, 11) is 1.70. The van der Waals surface area contributed by atoms with Gasteiger partial charge in [0.2, 0.25) is 0 Å². The highest BCUT2D eigenvalue weighted by atomic mass is 16.5. The number of carboxylic acid groups (broad SMARTS) is 1. The van der Waals surface area contributed by atoms with E-state index in [1.54, 1.807) is 7.05 Å². The summed E-state index contributed by atoms with van der Waals surface area (Å²) in [5.41, 5.74) is 1.86. The average Bonchev–Trinajstić information content (AvgIpc) is 2.68. The Kier molecular flexibility index (Phi) is 3.32. The summed E-state index contributed by atoms with van der Waals surface area (Å²) < 4.78 is 7.11. The Morgan fingerprint density at radius 3 is 2.83 bits per heavy atom. The van der Waals surface area contributed by atoms with E-state index in [4.69, 9.17) is 9.84 Å². The molecule has 18 heavy (non-hydrogen) atoms. The molecule has 0 aliphatic heterocycles. The van der Waals surface area contributed by atoms with Crippen molar-refractivity contribution in [2.75, 3.05) is 0 Å². The van der Waals surface area contributed by atoms with Gasteiger partial charge in [-0.25, -0.2) is 4.79 Å². The molecule has 1 aromatic heterocycles. The minimum Gasteiger partial charge on any atom is -0.487 e. The lowest BCUT2D eigenvalue weighted by molar-refractivity contribution is 0.0689. The average molecular weight is 246 g/mol. The molecule has 1 heterocycles. The minimum absolute atomic E-state index is 0.0281. The van der Waals surface area contributed by atoms with E-state index in [9.17, 15) is 4.79 Å². The lowest BCUT2D eigenvalue weighted by Gasteiger charge is -2.06. The molecule has 5 nitrogen and oxygen atoms in total. The van der Waals surface area contributed by atoms with E-state index in [0.29, 0.717) is 12.3 Å². The van der Waals surface area contributed by atoms with Crippen molar-refractivity contribution in [1.29, 1.82) is 0 Å². The van der Waals surface area contributed by atoms with E-state index in [0.717, 1.165) is 11.3 Å². The SMILES string of the molecule is Cc1cccc(OCc2cc(C(=O)O)nn2C)c1. The number of rotatable bonds is 4. The number of carbonyl (C=O) groups is 1. The molecule has 0 saturated heterocycles. The minimum atomic E-state index is -1.03. The molecule has 0 bridgehead atoms. The molecule has 0 radical (unpaired) electrons. The number of carboxylic acids is 1. The molecule has 0 atom stereocenters. The predicted molar refractivity (Wildman–Crippen MR) is 65.7 cm³/mol. The Balaban J connectivity index is 2.08. The number of benzene rings is 1. The number of hydrogen-bond acceptors (Lipinski definition) is 3. The van der Waals surface area contributed by atoms with E-state index in [2.05, 4.69) is 5.10 Å². The van der Waals surface area contributed by atoms with Gasteiger partial charge in [0.25, 0.3) is 0 Å². The van der Waals surface area contributed by atoms with Gasteiger partial charge >= 0.3 is 5.97 Å². The van der Waals surface area contributed by atoms with Crippen molar-refractivity contribution >= 4 is 5.97 Å². The van der Waals surface area contributed by atoms with Crippen LogP contribution in [-0.2, 0) is 13.7 Å². The molecule has 1 aromatic carbocycles. The highest BCUT2D eigenvalue weighted by Crippen LogP contribution is 2.14. The number of nitrogens with zero attached hydrogens (tertiary/aromatic N) is 2. The Hall–Kier alpha value is -2.30. The maximum absolute atomic E-state index is 10.8. The fourth-order valence-corrected chi connectivity index (χ4v) is 1.61. The second kappa shape index (κ2) is 4.91. The summed E-state index contributed by atoms with van der Waals surface area (Å²) in [4.78, 5) is 10.8. The van der Waals surface area contributed by atoms with Crippen LogP contribution in [0.1, 0.15) is 21.7 Å². The van der Waals surface area contributed by atoms with Crippen LogP contribution in [0.15, 0.2) is 30.3 Å². The highest BCUT2D eigenvalue weighted by Gasteiger charge is 2.11. The second-order valence-electron chi connectivity index (χ2n) is 4.05. The lowest BCUT2D eigenvalue weighted by Crippen LogP contribution is -2.03. The lowest BCUT2D eigenvalue weighted by atomic mass is 10.2. The van der Waals surface area contributed by atoms with Gasteiger partial charge in [-0.05, 0) is 30.7 Å². The van der Waals surface area contributed by atoms with Crippen LogP contribution in [-0.4, -0.2) is 20.9 Å². The van der Waals surface area contributed by atoms with Gasteiger partial charge in [0.1, 0.15) is 12.4 Å². The van der Waals surface area contributed by atoms with Gasteiger partial charge < -0.3 is 9.84 Å². The molecular weight excluding hydrogens is 232 g/mol. The van der Waals surface area contributed by atoms with Gasteiger partial charge in [0.15, 0.2) is 5.69 Å². The maximum atomic E-state index is 10.8. The quantitative estimate of drug-likeness (QED) is 0.896. The molecule has 0 fully saturated rings. The summed E-state index contributed by atoms with van der Waals surface area (Å²) in [5.74, 6) is -0.277. The van der Waals surface area contributed by atoms with E-state index in [1.165, 1.54) is 10.7 Å². The molecule has 1 N–H and O–H groups in total. The Morgan fingerprint density at radius 2 is 2.22 bits per heavy atom. The smallest absolute Gasteiger partial charge is 0.356 e. The first kappa shape index (κ1) is 12.2. The third kappa shape index (κ3) is 2.68. The van der Waals surface area contributed by atoms with Crippen LogP contribution >= 0.6 is 0 Å². The van der Waals surface area contributed by atoms with Crippen LogP contribution in [0, 0.1) is 6.92 Å². The molecule has 0 aliphatic carbocycles. The van der Waals surface area contributed by atoms with Crippen molar-refractivity contribution in [3.8, 4) is 5.75 Å². The molecule has 2 aromatic rings. The summed E-state index contributed by atoms with van der Waals surface area (Å²) in [6.45, 7) is 2.28. The molecule has 0 saturated carbocycles. The van der Waals surface area contributed by atoms with Gasteiger partial charge in [-0.2, -0.15) is 5.10 Å². The predicted octanol–water partition coefficient (Wildman–Crippen LogP) is 2.01. The monoisotopic (exact) mass is 246 g/mol. The molecule has 2 rings (SSSR count).